The molecule has 1 atom stereocenters. The van der Waals surface area contributed by atoms with Crippen molar-refractivity contribution >= 4 is 23.4 Å². The molecule has 0 saturated heterocycles. The van der Waals surface area contributed by atoms with E-state index in [9.17, 15) is 9.59 Å². The minimum Gasteiger partial charge on any atom is -0.497 e. The Morgan fingerprint density at radius 2 is 1.53 bits per heavy atom. The van der Waals surface area contributed by atoms with Crippen LogP contribution in [0, 0.1) is 0 Å². The molecule has 0 aromatic heterocycles. The molecule has 0 aliphatic heterocycles. The van der Waals surface area contributed by atoms with Gasteiger partial charge >= 0.3 is 0 Å². The van der Waals surface area contributed by atoms with E-state index in [0.29, 0.717) is 36.8 Å². The minimum absolute atomic E-state index is 0.108. The van der Waals surface area contributed by atoms with Crippen molar-refractivity contribution in [3.05, 3.63) is 95.0 Å². The maximum absolute atomic E-state index is 13.7. The van der Waals surface area contributed by atoms with Crippen LogP contribution in [0.15, 0.2) is 78.9 Å². The summed E-state index contributed by atoms with van der Waals surface area (Å²) in [7, 11) is 1.62. The van der Waals surface area contributed by atoms with E-state index in [4.69, 9.17) is 21.1 Å². The second-order valence-corrected chi connectivity index (χ2v) is 10.7. The van der Waals surface area contributed by atoms with Gasteiger partial charge in [0.2, 0.25) is 11.8 Å². The van der Waals surface area contributed by atoms with E-state index >= 15 is 0 Å². The quantitative estimate of drug-likeness (QED) is 0.286. The normalized spacial score (nSPS) is 11.9. The summed E-state index contributed by atoms with van der Waals surface area (Å²) in [5.41, 5.74) is 1.45. The summed E-state index contributed by atoms with van der Waals surface area (Å²) in [6.45, 7) is 6.49. The summed E-state index contributed by atoms with van der Waals surface area (Å²) in [5, 5.41) is 3.70. The lowest BCUT2D eigenvalue weighted by Crippen LogP contribution is -2.54. The van der Waals surface area contributed by atoms with Crippen molar-refractivity contribution in [2.75, 3.05) is 13.7 Å². The third kappa shape index (κ3) is 9.42. The predicted octanol–water partition coefficient (Wildman–Crippen LogP) is 6.06. The molecule has 0 heterocycles. The van der Waals surface area contributed by atoms with E-state index in [-0.39, 0.29) is 18.2 Å². The monoisotopic (exact) mass is 536 g/mol. The molecule has 0 bridgehead atoms. The summed E-state index contributed by atoms with van der Waals surface area (Å²) < 4.78 is 11.0. The molecule has 2 amide bonds. The predicted molar refractivity (Wildman–Crippen MR) is 152 cm³/mol. The van der Waals surface area contributed by atoms with Crippen LogP contribution in [-0.2, 0) is 22.6 Å². The Morgan fingerprint density at radius 1 is 0.895 bits per heavy atom. The lowest BCUT2D eigenvalue weighted by atomic mass is 10.00. The number of hydrogen-bond acceptors (Lipinski definition) is 4. The lowest BCUT2D eigenvalue weighted by molar-refractivity contribution is -0.142. The molecule has 0 radical (unpaired) electrons. The lowest BCUT2D eigenvalue weighted by Gasteiger charge is -2.34. The van der Waals surface area contributed by atoms with Crippen molar-refractivity contribution in [3.8, 4) is 11.5 Å². The summed E-state index contributed by atoms with van der Waals surface area (Å²) in [6, 6.07) is 23.8. The van der Waals surface area contributed by atoms with Crippen molar-refractivity contribution < 1.29 is 19.1 Å². The zero-order chi connectivity index (χ0) is 27.5. The number of amides is 2. The van der Waals surface area contributed by atoms with Crippen molar-refractivity contribution in [1.82, 2.24) is 10.2 Å². The van der Waals surface area contributed by atoms with E-state index < -0.39 is 11.6 Å². The van der Waals surface area contributed by atoms with Crippen molar-refractivity contribution in [2.24, 2.45) is 0 Å². The molecule has 0 fully saturated rings. The molecular weight excluding hydrogens is 500 g/mol. The van der Waals surface area contributed by atoms with Crippen LogP contribution in [0.4, 0.5) is 0 Å². The fourth-order valence-electron chi connectivity index (χ4n) is 4.02. The summed E-state index contributed by atoms with van der Waals surface area (Å²) in [5.74, 6) is 1.17. The van der Waals surface area contributed by atoms with E-state index in [2.05, 4.69) is 5.32 Å². The molecule has 7 heteroatoms. The highest BCUT2D eigenvalue weighted by atomic mass is 35.5. The van der Waals surface area contributed by atoms with E-state index in [1.54, 1.807) is 24.1 Å². The van der Waals surface area contributed by atoms with Crippen LogP contribution in [0.25, 0.3) is 0 Å². The molecule has 38 heavy (non-hydrogen) atoms. The van der Waals surface area contributed by atoms with Gasteiger partial charge in [0, 0.05) is 29.9 Å². The molecule has 3 aromatic carbocycles. The summed E-state index contributed by atoms with van der Waals surface area (Å²) in [4.78, 5) is 28.9. The molecular formula is C31H37ClN2O4. The van der Waals surface area contributed by atoms with Gasteiger partial charge in [-0.3, -0.25) is 9.59 Å². The van der Waals surface area contributed by atoms with Gasteiger partial charge in [-0.1, -0.05) is 54.1 Å². The average molecular weight is 537 g/mol. The first-order valence-corrected chi connectivity index (χ1v) is 13.2. The standard InChI is InChI=1S/C31H37ClN2O4/c1-31(2,3)33-30(36)28(21-23-9-6-5-7-10-23)34(22-24-12-14-25(32)15-13-24)29(35)11-8-20-38-27-18-16-26(37-4)17-19-27/h5-7,9-10,12-19,28H,8,11,20-22H2,1-4H3,(H,33,36)/t28-/m1/s1. The van der Waals surface area contributed by atoms with Crippen LogP contribution < -0.4 is 14.8 Å². The smallest absolute Gasteiger partial charge is 0.243 e. The fraction of sp³-hybridized carbons (Fsp3) is 0.355. The summed E-state index contributed by atoms with van der Waals surface area (Å²) >= 11 is 6.09. The number of methoxy groups -OCH3 is 1. The summed E-state index contributed by atoms with van der Waals surface area (Å²) in [6.07, 6.45) is 1.17. The molecule has 3 aromatic rings. The average Bonchev–Trinajstić information content (AvgIpc) is 2.89. The van der Waals surface area contributed by atoms with Crippen LogP contribution in [0.1, 0.15) is 44.7 Å². The van der Waals surface area contributed by atoms with Gasteiger partial charge < -0.3 is 19.7 Å². The molecule has 0 aliphatic rings. The number of benzene rings is 3. The number of carbonyl (C=O) groups is 2. The highest BCUT2D eigenvalue weighted by Crippen LogP contribution is 2.20. The number of nitrogens with one attached hydrogen (secondary N) is 1. The van der Waals surface area contributed by atoms with Crippen LogP contribution in [0.3, 0.4) is 0 Å². The first kappa shape index (κ1) is 29.1. The van der Waals surface area contributed by atoms with E-state index in [1.165, 1.54) is 0 Å². The molecule has 0 saturated carbocycles. The third-order valence-electron chi connectivity index (χ3n) is 5.90. The van der Waals surface area contributed by atoms with Crippen LogP contribution >= 0.6 is 11.6 Å². The Bertz CT molecular complexity index is 1160. The third-order valence-corrected chi connectivity index (χ3v) is 6.15. The zero-order valence-corrected chi connectivity index (χ0v) is 23.3. The maximum Gasteiger partial charge on any atom is 0.243 e. The Kier molecular flexibility index (Phi) is 10.6. The topological polar surface area (TPSA) is 67.9 Å². The van der Waals surface area contributed by atoms with Gasteiger partial charge in [0.1, 0.15) is 17.5 Å². The van der Waals surface area contributed by atoms with Crippen LogP contribution in [-0.4, -0.2) is 42.0 Å². The molecule has 0 aliphatic carbocycles. The SMILES string of the molecule is COc1ccc(OCCCC(=O)N(Cc2ccc(Cl)cc2)[C@H](Cc2ccccc2)C(=O)NC(C)(C)C)cc1. The number of halogens is 1. The first-order valence-electron chi connectivity index (χ1n) is 12.8. The van der Waals surface area contributed by atoms with Crippen molar-refractivity contribution in [3.63, 3.8) is 0 Å². The van der Waals surface area contributed by atoms with Gasteiger partial charge in [-0.15, -0.1) is 0 Å². The zero-order valence-electron chi connectivity index (χ0n) is 22.6. The Balaban J connectivity index is 1.78. The van der Waals surface area contributed by atoms with Gasteiger partial charge in [-0.2, -0.15) is 0 Å². The molecule has 6 nitrogen and oxygen atoms in total. The van der Waals surface area contributed by atoms with Crippen LogP contribution in [0.5, 0.6) is 11.5 Å². The number of carbonyl (C=O) groups excluding carboxylic acids is 2. The first-order chi connectivity index (χ1) is 18.1. The largest absolute Gasteiger partial charge is 0.497 e. The molecule has 3 rings (SSSR count). The molecule has 1 N–H and O–H groups in total. The van der Waals surface area contributed by atoms with Crippen molar-refractivity contribution in [2.45, 2.75) is 58.2 Å². The van der Waals surface area contributed by atoms with E-state index in [0.717, 1.165) is 16.9 Å². The fourth-order valence-corrected chi connectivity index (χ4v) is 4.15. The van der Waals surface area contributed by atoms with Gasteiger partial charge in [0.15, 0.2) is 0 Å². The number of rotatable bonds is 12. The minimum atomic E-state index is -0.678. The van der Waals surface area contributed by atoms with Gasteiger partial charge in [0.05, 0.1) is 13.7 Å². The highest BCUT2D eigenvalue weighted by molar-refractivity contribution is 6.30. The second kappa shape index (κ2) is 13.9. The van der Waals surface area contributed by atoms with Crippen molar-refractivity contribution in [1.29, 1.82) is 0 Å². The Morgan fingerprint density at radius 3 is 2.13 bits per heavy atom. The highest BCUT2D eigenvalue weighted by Gasteiger charge is 2.32. The number of ether oxygens (including phenoxy) is 2. The van der Waals surface area contributed by atoms with Gasteiger partial charge in [0.25, 0.3) is 0 Å². The van der Waals surface area contributed by atoms with E-state index in [1.807, 2.05) is 87.5 Å². The number of nitrogens with zero attached hydrogens (tertiary/aromatic N) is 1. The van der Waals surface area contributed by atoms with Gasteiger partial charge in [-0.05, 0) is 74.7 Å². The van der Waals surface area contributed by atoms with Crippen LogP contribution in [0.2, 0.25) is 5.02 Å². The molecule has 202 valence electrons. The molecule has 0 spiro atoms. The second-order valence-electron chi connectivity index (χ2n) is 10.2. The molecule has 0 unspecified atom stereocenters. The Hall–Kier alpha value is -3.51. The van der Waals surface area contributed by atoms with Gasteiger partial charge in [-0.25, -0.2) is 0 Å². The number of hydrogen-bond donors (Lipinski definition) is 1. The Labute approximate surface area is 230 Å². The maximum atomic E-state index is 13.7.